The SMILES string of the molecule is CC(=O)O[C@@H]1[C@H](OC(C)=O)[C@@H](C)O[C@H]1n1cc(C#N)c2c(N(C)N)ncnc21. The standard InChI is InChI=1S/C17H20N6O5/c1-8-13(27-9(2)24)14(28-10(3)25)17(26-8)23-6-11(5-18)12-15(22(4)19)20-7-21-16(12)23/h6-8,13-14,17H,19H2,1-4H3/t8-,13-,14-,17-/m1/s1. The summed E-state index contributed by atoms with van der Waals surface area (Å²) in [7, 11) is 1.59. The van der Waals surface area contributed by atoms with Crippen molar-refractivity contribution < 1.29 is 23.8 Å². The van der Waals surface area contributed by atoms with E-state index in [0.717, 1.165) is 0 Å². The maximum atomic E-state index is 11.7. The first-order valence-electron chi connectivity index (χ1n) is 8.48. The summed E-state index contributed by atoms with van der Waals surface area (Å²) >= 11 is 0. The molecule has 11 nitrogen and oxygen atoms in total. The molecule has 1 aliphatic rings. The van der Waals surface area contributed by atoms with E-state index in [1.54, 1.807) is 18.5 Å². The monoisotopic (exact) mass is 388 g/mol. The van der Waals surface area contributed by atoms with Crippen molar-refractivity contribution in [3.63, 3.8) is 0 Å². The van der Waals surface area contributed by atoms with Crippen molar-refractivity contribution in [2.75, 3.05) is 12.1 Å². The molecule has 0 aromatic carbocycles. The zero-order chi connectivity index (χ0) is 20.6. The lowest BCUT2D eigenvalue weighted by Crippen LogP contribution is -2.38. The zero-order valence-electron chi connectivity index (χ0n) is 15.8. The predicted octanol–water partition coefficient (Wildman–Crippen LogP) is 0.394. The second-order valence-corrected chi connectivity index (χ2v) is 6.45. The number of esters is 2. The van der Waals surface area contributed by atoms with Crippen LogP contribution in [0.25, 0.3) is 11.0 Å². The van der Waals surface area contributed by atoms with Gasteiger partial charge in [-0.3, -0.25) is 14.6 Å². The Morgan fingerprint density at radius 3 is 2.50 bits per heavy atom. The fraction of sp³-hybridized carbons (Fsp3) is 0.471. The number of aromatic nitrogens is 3. The molecule has 0 unspecified atom stereocenters. The smallest absolute Gasteiger partial charge is 0.303 e. The maximum absolute atomic E-state index is 11.7. The number of nitrogens with two attached hydrogens (primary N) is 1. The van der Waals surface area contributed by atoms with Gasteiger partial charge in [0.15, 0.2) is 24.3 Å². The van der Waals surface area contributed by atoms with E-state index in [1.807, 2.05) is 0 Å². The number of fused-ring (bicyclic) bond motifs is 1. The van der Waals surface area contributed by atoms with Crippen LogP contribution >= 0.6 is 0 Å². The summed E-state index contributed by atoms with van der Waals surface area (Å²) in [4.78, 5) is 31.5. The minimum atomic E-state index is -0.924. The topological polar surface area (TPSA) is 146 Å². The van der Waals surface area contributed by atoms with Crippen molar-refractivity contribution in [1.82, 2.24) is 14.5 Å². The Morgan fingerprint density at radius 1 is 1.29 bits per heavy atom. The number of nitrogens with zero attached hydrogens (tertiary/aromatic N) is 5. The highest BCUT2D eigenvalue weighted by molar-refractivity contribution is 5.93. The molecule has 0 aliphatic carbocycles. The van der Waals surface area contributed by atoms with E-state index in [4.69, 9.17) is 20.1 Å². The summed E-state index contributed by atoms with van der Waals surface area (Å²) in [5, 5.41) is 11.3. The number of carbonyl (C=O) groups is 2. The lowest BCUT2D eigenvalue weighted by Gasteiger charge is -2.23. The normalized spacial score (nSPS) is 24.0. The number of carbonyl (C=O) groups excluding carboxylic acids is 2. The fourth-order valence-corrected chi connectivity index (χ4v) is 3.31. The Morgan fingerprint density at radius 2 is 1.93 bits per heavy atom. The van der Waals surface area contributed by atoms with Gasteiger partial charge >= 0.3 is 11.9 Å². The molecule has 3 rings (SSSR count). The van der Waals surface area contributed by atoms with Crippen molar-refractivity contribution >= 4 is 28.8 Å². The van der Waals surface area contributed by atoms with Gasteiger partial charge in [-0.05, 0) is 6.92 Å². The molecular weight excluding hydrogens is 368 g/mol. The average Bonchev–Trinajstić information content (AvgIpc) is 3.13. The van der Waals surface area contributed by atoms with E-state index in [-0.39, 0.29) is 5.56 Å². The Hall–Kier alpha value is -3.23. The molecule has 0 radical (unpaired) electrons. The minimum absolute atomic E-state index is 0.275. The molecule has 28 heavy (non-hydrogen) atoms. The molecule has 2 N–H and O–H groups in total. The van der Waals surface area contributed by atoms with E-state index < -0.39 is 36.5 Å². The first kappa shape index (κ1) is 19.5. The number of hydrazine groups is 1. The van der Waals surface area contributed by atoms with Crippen LogP contribution in [0.4, 0.5) is 5.82 Å². The van der Waals surface area contributed by atoms with Gasteiger partial charge in [-0.25, -0.2) is 15.8 Å². The molecule has 1 fully saturated rings. The Bertz CT molecular complexity index is 965. The summed E-state index contributed by atoms with van der Waals surface area (Å²) in [6.45, 7) is 4.22. The summed E-state index contributed by atoms with van der Waals surface area (Å²) in [6, 6.07) is 2.09. The number of hydrogen-bond acceptors (Lipinski definition) is 10. The van der Waals surface area contributed by atoms with Gasteiger partial charge in [-0.15, -0.1) is 0 Å². The lowest BCUT2D eigenvalue weighted by molar-refractivity contribution is -0.165. The largest absolute Gasteiger partial charge is 0.456 e. The molecule has 0 spiro atoms. The van der Waals surface area contributed by atoms with Crippen LogP contribution in [0, 0.1) is 11.3 Å². The van der Waals surface area contributed by atoms with Crippen LogP contribution in [-0.2, 0) is 23.8 Å². The molecule has 11 heteroatoms. The van der Waals surface area contributed by atoms with Gasteiger partial charge in [-0.2, -0.15) is 5.26 Å². The van der Waals surface area contributed by atoms with E-state index in [2.05, 4.69) is 16.0 Å². The van der Waals surface area contributed by atoms with E-state index in [0.29, 0.717) is 16.9 Å². The molecule has 148 valence electrons. The molecule has 0 bridgehead atoms. The number of anilines is 1. The van der Waals surface area contributed by atoms with Crippen LogP contribution in [-0.4, -0.2) is 51.8 Å². The summed E-state index contributed by atoms with van der Waals surface area (Å²) < 4.78 is 18.2. The first-order chi connectivity index (χ1) is 13.2. The molecule has 0 saturated carbocycles. The zero-order valence-corrected chi connectivity index (χ0v) is 15.8. The Balaban J connectivity index is 2.15. The molecule has 1 aliphatic heterocycles. The highest BCUT2D eigenvalue weighted by Crippen LogP contribution is 2.37. The van der Waals surface area contributed by atoms with E-state index in [9.17, 15) is 14.9 Å². The van der Waals surface area contributed by atoms with Crippen LogP contribution < -0.4 is 10.9 Å². The van der Waals surface area contributed by atoms with Crippen molar-refractivity contribution in [3.8, 4) is 6.07 Å². The van der Waals surface area contributed by atoms with Crippen molar-refractivity contribution in [1.29, 1.82) is 5.26 Å². The van der Waals surface area contributed by atoms with Gasteiger partial charge in [-0.1, -0.05) is 0 Å². The summed E-state index contributed by atoms with van der Waals surface area (Å²) in [5.41, 5.74) is 0.647. The van der Waals surface area contributed by atoms with Crippen LogP contribution in [0.5, 0.6) is 0 Å². The molecule has 4 atom stereocenters. The number of hydrogen-bond donors (Lipinski definition) is 1. The molecule has 0 amide bonds. The first-order valence-corrected chi connectivity index (χ1v) is 8.48. The van der Waals surface area contributed by atoms with Gasteiger partial charge in [0, 0.05) is 27.1 Å². The second kappa shape index (κ2) is 7.41. The van der Waals surface area contributed by atoms with Crippen LogP contribution in [0.15, 0.2) is 12.5 Å². The third-order valence-corrected chi connectivity index (χ3v) is 4.34. The highest BCUT2D eigenvalue weighted by Gasteiger charge is 2.48. The van der Waals surface area contributed by atoms with Gasteiger partial charge in [0.1, 0.15) is 18.0 Å². The summed E-state index contributed by atoms with van der Waals surface area (Å²) in [6.07, 6.45) is -0.323. The van der Waals surface area contributed by atoms with E-state index >= 15 is 0 Å². The fourth-order valence-electron chi connectivity index (χ4n) is 3.31. The van der Waals surface area contributed by atoms with Gasteiger partial charge in [0.25, 0.3) is 0 Å². The van der Waals surface area contributed by atoms with Crippen molar-refractivity contribution in [3.05, 3.63) is 18.1 Å². The van der Waals surface area contributed by atoms with Crippen LogP contribution in [0.3, 0.4) is 0 Å². The Labute approximate surface area is 160 Å². The minimum Gasteiger partial charge on any atom is -0.456 e. The molecule has 1 saturated heterocycles. The van der Waals surface area contributed by atoms with Crippen molar-refractivity contribution in [2.24, 2.45) is 5.84 Å². The van der Waals surface area contributed by atoms with Crippen molar-refractivity contribution in [2.45, 2.75) is 45.3 Å². The third-order valence-electron chi connectivity index (χ3n) is 4.34. The van der Waals surface area contributed by atoms with E-state index in [1.165, 1.54) is 31.4 Å². The molecule has 3 heterocycles. The third kappa shape index (κ3) is 3.35. The van der Waals surface area contributed by atoms with Gasteiger partial charge in [0.2, 0.25) is 0 Å². The quantitative estimate of drug-likeness (QED) is 0.443. The van der Waals surface area contributed by atoms with Gasteiger partial charge in [0.05, 0.1) is 17.1 Å². The van der Waals surface area contributed by atoms with Crippen LogP contribution in [0.2, 0.25) is 0 Å². The lowest BCUT2D eigenvalue weighted by atomic mass is 10.1. The highest BCUT2D eigenvalue weighted by atomic mass is 16.6. The molecule has 2 aromatic heterocycles. The average molecular weight is 388 g/mol. The number of rotatable bonds is 4. The predicted molar refractivity (Wildman–Crippen MR) is 95.5 cm³/mol. The molecular formula is C17H20N6O5. The Kier molecular flexibility index (Phi) is 5.17. The number of ether oxygens (including phenoxy) is 3. The number of nitriles is 1. The second-order valence-electron chi connectivity index (χ2n) is 6.45. The van der Waals surface area contributed by atoms with Crippen LogP contribution in [0.1, 0.15) is 32.6 Å². The van der Waals surface area contributed by atoms with Gasteiger partial charge < -0.3 is 18.8 Å². The molecule has 2 aromatic rings. The maximum Gasteiger partial charge on any atom is 0.303 e. The summed E-state index contributed by atoms with van der Waals surface area (Å²) in [5.74, 6) is 5.10.